The third-order valence-corrected chi connectivity index (χ3v) is 2.68. The fraction of sp³-hybridized carbons (Fsp3) is 0.636. The lowest BCUT2D eigenvalue weighted by atomic mass is 10.1. The van der Waals surface area contributed by atoms with E-state index < -0.39 is 0 Å². The molecule has 0 spiro atoms. The van der Waals surface area contributed by atoms with Gasteiger partial charge in [-0.15, -0.1) is 0 Å². The minimum atomic E-state index is -0.194. The van der Waals surface area contributed by atoms with E-state index in [1.54, 1.807) is 0 Å². The monoisotopic (exact) mass is 242 g/mol. The van der Waals surface area contributed by atoms with Gasteiger partial charge in [-0.2, -0.15) is 0 Å². The number of thioether (sulfide) groups is 1. The quantitative estimate of drug-likeness (QED) is 0.826. The molecule has 4 nitrogen and oxygen atoms in total. The maximum Gasteiger partial charge on any atom is 0.256 e. The molecule has 0 saturated carbocycles. The van der Waals surface area contributed by atoms with Crippen molar-refractivity contribution < 1.29 is 9.21 Å². The van der Waals surface area contributed by atoms with Crippen LogP contribution in [0.3, 0.4) is 0 Å². The van der Waals surface area contributed by atoms with Crippen LogP contribution in [0.5, 0.6) is 0 Å². The molecule has 1 N–H and O–H groups in total. The van der Waals surface area contributed by atoms with E-state index in [-0.39, 0.29) is 11.4 Å². The molecule has 90 valence electrons. The van der Waals surface area contributed by atoms with Crippen LogP contribution in [0.4, 0.5) is 0 Å². The minimum Gasteiger partial charge on any atom is -0.437 e. The zero-order valence-electron chi connectivity index (χ0n) is 10.4. The van der Waals surface area contributed by atoms with Gasteiger partial charge < -0.3 is 9.73 Å². The van der Waals surface area contributed by atoms with Crippen LogP contribution in [0.1, 0.15) is 32.2 Å². The highest BCUT2D eigenvalue weighted by Gasteiger charge is 2.15. The molecule has 0 aliphatic carbocycles. The van der Waals surface area contributed by atoms with Crippen LogP contribution in [-0.2, 0) is 4.79 Å². The van der Waals surface area contributed by atoms with Gasteiger partial charge in [-0.05, 0) is 34.6 Å². The van der Waals surface area contributed by atoms with E-state index >= 15 is 0 Å². The van der Waals surface area contributed by atoms with Crippen LogP contribution in [0.25, 0.3) is 0 Å². The second-order valence-electron chi connectivity index (χ2n) is 4.71. The molecule has 0 saturated heterocycles. The van der Waals surface area contributed by atoms with E-state index in [2.05, 4.69) is 10.3 Å². The summed E-state index contributed by atoms with van der Waals surface area (Å²) in [6.07, 6.45) is 0. The first-order chi connectivity index (χ1) is 7.28. The highest BCUT2D eigenvalue weighted by Crippen LogP contribution is 2.19. The fourth-order valence-corrected chi connectivity index (χ4v) is 1.80. The molecular weight excluding hydrogens is 224 g/mol. The molecule has 1 rings (SSSR count). The number of aromatic nitrogens is 1. The lowest BCUT2D eigenvalue weighted by Gasteiger charge is -2.19. The van der Waals surface area contributed by atoms with Crippen molar-refractivity contribution in [3.8, 4) is 0 Å². The first-order valence-corrected chi connectivity index (χ1v) is 6.14. The predicted octanol–water partition coefficient (Wildman–Crippen LogP) is 2.30. The topological polar surface area (TPSA) is 55.1 Å². The highest BCUT2D eigenvalue weighted by atomic mass is 32.2. The summed E-state index contributed by atoms with van der Waals surface area (Å²) in [6, 6.07) is 0. The van der Waals surface area contributed by atoms with Crippen molar-refractivity contribution in [2.75, 3.05) is 5.75 Å². The van der Waals surface area contributed by atoms with Crippen molar-refractivity contribution in [2.24, 2.45) is 0 Å². The van der Waals surface area contributed by atoms with Gasteiger partial charge in [-0.25, -0.2) is 4.98 Å². The largest absolute Gasteiger partial charge is 0.437 e. The van der Waals surface area contributed by atoms with E-state index in [0.29, 0.717) is 11.0 Å². The SMILES string of the molecule is Cc1nc(SCC(=O)NC(C)(C)C)oc1C. The predicted molar refractivity (Wildman–Crippen MR) is 64.6 cm³/mol. The van der Waals surface area contributed by atoms with Crippen molar-refractivity contribution in [2.45, 2.75) is 45.4 Å². The van der Waals surface area contributed by atoms with Crippen molar-refractivity contribution in [1.29, 1.82) is 0 Å². The summed E-state index contributed by atoms with van der Waals surface area (Å²) in [5, 5.41) is 3.44. The third-order valence-electron chi connectivity index (χ3n) is 1.85. The molecule has 16 heavy (non-hydrogen) atoms. The van der Waals surface area contributed by atoms with Crippen molar-refractivity contribution >= 4 is 17.7 Å². The maximum atomic E-state index is 11.5. The summed E-state index contributed by atoms with van der Waals surface area (Å²) in [5.74, 6) is 1.13. The second kappa shape index (κ2) is 4.91. The number of nitrogens with one attached hydrogen (secondary N) is 1. The molecule has 0 radical (unpaired) electrons. The Morgan fingerprint density at radius 3 is 2.50 bits per heavy atom. The smallest absolute Gasteiger partial charge is 0.256 e. The molecule has 1 heterocycles. The van der Waals surface area contributed by atoms with E-state index in [1.807, 2.05) is 34.6 Å². The Balaban J connectivity index is 2.43. The van der Waals surface area contributed by atoms with Gasteiger partial charge >= 0.3 is 0 Å². The molecule has 0 bridgehead atoms. The average molecular weight is 242 g/mol. The summed E-state index contributed by atoms with van der Waals surface area (Å²) in [7, 11) is 0. The van der Waals surface area contributed by atoms with E-state index in [9.17, 15) is 4.79 Å². The zero-order chi connectivity index (χ0) is 12.3. The Kier molecular flexibility index (Phi) is 4.02. The second-order valence-corrected chi connectivity index (χ2v) is 5.63. The number of hydrogen-bond acceptors (Lipinski definition) is 4. The van der Waals surface area contributed by atoms with E-state index in [1.165, 1.54) is 11.8 Å². The molecule has 0 atom stereocenters. The van der Waals surface area contributed by atoms with Gasteiger partial charge in [-0.3, -0.25) is 4.79 Å². The van der Waals surface area contributed by atoms with Crippen LogP contribution >= 0.6 is 11.8 Å². The fourth-order valence-electron chi connectivity index (χ4n) is 1.09. The molecule has 0 aromatic carbocycles. The molecule has 1 amide bonds. The normalized spacial score (nSPS) is 11.6. The minimum absolute atomic E-state index is 0.00833. The molecule has 0 fully saturated rings. The van der Waals surface area contributed by atoms with Crippen LogP contribution in [-0.4, -0.2) is 22.2 Å². The van der Waals surface area contributed by atoms with Gasteiger partial charge in [0.2, 0.25) is 5.91 Å². The Hall–Kier alpha value is -0.970. The van der Waals surface area contributed by atoms with Crippen LogP contribution < -0.4 is 5.32 Å². The Morgan fingerprint density at radius 1 is 1.44 bits per heavy atom. The van der Waals surface area contributed by atoms with E-state index in [4.69, 9.17) is 4.42 Å². The lowest BCUT2D eigenvalue weighted by Crippen LogP contribution is -2.41. The van der Waals surface area contributed by atoms with Crippen LogP contribution in [0.15, 0.2) is 9.64 Å². The molecule has 0 aliphatic rings. The van der Waals surface area contributed by atoms with Gasteiger partial charge in [0.1, 0.15) is 5.76 Å². The Labute approximate surface area is 100 Å². The van der Waals surface area contributed by atoms with Crippen molar-refractivity contribution in [3.05, 3.63) is 11.5 Å². The molecular formula is C11H18N2O2S. The van der Waals surface area contributed by atoms with Gasteiger partial charge in [0.25, 0.3) is 5.22 Å². The maximum absolute atomic E-state index is 11.5. The Morgan fingerprint density at radius 2 is 2.06 bits per heavy atom. The first-order valence-electron chi connectivity index (χ1n) is 5.16. The number of aryl methyl sites for hydroxylation is 2. The van der Waals surface area contributed by atoms with Crippen molar-refractivity contribution in [1.82, 2.24) is 10.3 Å². The summed E-state index contributed by atoms with van der Waals surface area (Å²) in [4.78, 5) is 15.7. The van der Waals surface area contributed by atoms with Crippen molar-refractivity contribution in [3.63, 3.8) is 0 Å². The lowest BCUT2D eigenvalue weighted by molar-refractivity contribution is -0.119. The molecule has 0 unspecified atom stereocenters. The number of carbonyl (C=O) groups is 1. The number of amides is 1. The standard InChI is InChI=1S/C11H18N2O2S/c1-7-8(2)15-10(12-7)16-6-9(14)13-11(3,4)5/h6H2,1-5H3,(H,13,14). The molecule has 0 aliphatic heterocycles. The van der Waals surface area contributed by atoms with Gasteiger partial charge in [0, 0.05) is 5.54 Å². The summed E-state index contributed by atoms with van der Waals surface area (Å²) in [6.45, 7) is 9.61. The first kappa shape index (κ1) is 13.1. The number of oxazole rings is 1. The highest BCUT2D eigenvalue weighted by molar-refractivity contribution is 7.99. The van der Waals surface area contributed by atoms with E-state index in [0.717, 1.165) is 11.5 Å². The number of hydrogen-bond donors (Lipinski definition) is 1. The van der Waals surface area contributed by atoms with Gasteiger partial charge in [-0.1, -0.05) is 11.8 Å². The third kappa shape index (κ3) is 4.26. The van der Waals surface area contributed by atoms with Crippen LogP contribution in [0, 0.1) is 13.8 Å². The summed E-state index contributed by atoms with van der Waals surface area (Å²) < 4.78 is 5.37. The molecule has 1 aromatic heterocycles. The molecule has 1 aromatic rings. The van der Waals surface area contributed by atoms with Crippen LogP contribution in [0.2, 0.25) is 0 Å². The van der Waals surface area contributed by atoms with Gasteiger partial charge in [0.05, 0.1) is 11.4 Å². The number of carbonyl (C=O) groups excluding carboxylic acids is 1. The average Bonchev–Trinajstić information content (AvgIpc) is 2.40. The number of nitrogens with zero attached hydrogens (tertiary/aromatic N) is 1. The number of rotatable bonds is 3. The summed E-state index contributed by atoms with van der Waals surface area (Å²) in [5.41, 5.74) is 0.679. The molecule has 5 heteroatoms. The Bertz CT molecular complexity index is 360. The summed E-state index contributed by atoms with van der Waals surface area (Å²) >= 11 is 1.31. The zero-order valence-corrected chi connectivity index (χ0v) is 11.2. The van der Waals surface area contributed by atoms with Gasteiger partial charge in [0.15, 0.2) is 0 Å².